The number of primary amides is 1. The van der Waals surface area contributed by atoms with Crippen LogP contribution in [0.5, 0.6) is 0 Å². The van der Waals surface area contributed by atoms with Gasteiger partial charge in [0.25, 0.3) is 0 Å². The summed E-state index contributed by atoms with van der Waals surface area (Å²) in [6, 6.07) is 11.7. The van der Waals surface area contributed by atoms with E-state index in [1.54, 1.807) is 24.8 Å². The molecule has 7 amide bonds. The van der Waals surface area contributed by atoms with E-state index in [-0.39, 0.29) is 44.7 Å². The number of carboxylic acids is 1. The number of nitrogens with two attached hydrogens (primary N) is 1. The van der Waals surface area contributed by atoms with Gasteiger partial charge in [0, 0.05) is 30.5 Å². The lowest BCUT2D eigenvalue weighted by Crippen LogP contribution is -2.55. The molecule has 0 saturated carbocycles. The zero-order valence-corrected chi connectivity index (χ0v) is 27.3. The summed E-state index contributed by atoms with van der Waals surface area (Å²) in [6.45, 7) is 2.74. The van der Waals surface area contributed by atoms with Crippen LogP contribution in [-0.4, -0.2) is 78.4 Å². The molecule has 49 heavy (non-hydrogen) atoms. The third-order valence-electron chi connectivity index (χ3n) is 7.48. The average Bonchev–Trinajstić information content (AvgIpc) is 3.06. The summed E-state index contributed by atoms with van der Waals surface area (Å²) in [5.41, 5.74) is 7.99. The summed E-state index contributed by atoms with van der Waals surface area (Å²) in [5.74, 6) is 1.60. The Labute approximate surface area is 283 Å². The largest absolute Gasteiger partial charge is 0.480 e. The zero-order chi connectivity index (χ0) is 35.9. The molecule has 0 fully saturated rings. The second-order valence-corrected chi connectivity index (χ2v) is 11.6. The molecule has 1 aliphatic rings. The van der Waals surface area contributed by atoms with Gasteiger partial charge in [-0.05, 0) is 42.5 Å². The summed E-state index contributed by atoms with van der Waals surface area (Å²) in [6.07, 6.45) is -0.0599. The van der Waals surface area contributed by atoms with Crippen molar-refractivity contribution in [1.82, 2.24) is 26.6 Å². The highest BCUT2D eigenvalue weighted by atomic mass is 16.4. The Morgan fingerprint density at radius 3 is 2.14 bits per heavy atom. The van der Waals surface area contributed by atoms with Gasteiger partial charge in [-0.1, -0.05) is 56.0 Å². The molecule has 0 aromatic heterocycles. The van der Waals surface area contributed by atoms with Gasteiger partial charge in [0.05, 0.1) is 25.3 Å². The Morgan fingerprint density at radius 2 is 1.45 bits per heavy atom. The van der Waals surface area contributed by atoms with Gasteiger partial charge in [0.2, 0.25) is 29.5 Å². The van der Waals surface area contributed by atoms with Gasteiger partial charge in [-0.2, -0.15) is 0 Å². The van der Waals surface area contributed by atoms with Crippen LogP contribution in [0.25, 0.3) is 0 Å². The average molecular weight is 676 g/mol. The number of nitrogens with zero attached hydrogens (tertiary/aromatic N) is 1. The monoisotopic (exact) mass is 675 g/mol. The van der Waals surface area contributed by atoms with E-state index in [4.69, 9.17) is 5.73 Å². The lowest BCUT2D eigenvalue weighted by molar-refractivity contribution is -0.142. The second kappa shape index (κ2) is 18.4. The number of urea groups is 1. The van der Waals surface area contributed by atoms with Gasteiger partial charge < -0.3 is 42.3 Å². The predicted molar refractivity (Wildman–Crippen MR) is 178 cm³/mol. The van der Waals surface area contributed by atoms with Crippen molar-refractivity contribution in [2.75, 3.05) is 24.5 Å². The van der Waals surface area contributed by atoms with Crippen LogP contribution in [0, 0.1) is 17.8 Å². The van der Waals surface area contributed by atoms with E-state index in [2.05, 4.69) is 38.4 Å². The highest BCUT2D eigenvalue weighted by Crippen LogP contribution is 2.26. The van der Waals surface area contributed by atoms with Crippen molar-refractivity contribution >= 4 is 47.2 Å². The van der Waals surface area contributed by atoms with Crippen LogP contribution in [0.15, 0.2) is 48.5 Å². The van der Waals surface area contributed by atoms with Crippen LogP contribution in [0.4, 0.5) is 10.5 Å². The van der Waals surface area contributed by atoms with Crippen molar-refractivity contribution in [3.63, 3.8) is 0 Å². The summed E-state index contributed by atoms with van der Waals surface area (Å²) in [7, 11) is 0. The van der Waals surface area contributed by atoms with Crippen LogP contribution in [0.2, 0.25) is 0 Å². The lowest BCUT2D eigenvalue weighted by atomic mass is 10.0. The summed E-state index contributed by atoms with van der Waals surface area (Å²) < 4.78 is 0. The summed E-state index contributed by atoms with van der Waals surface area (Å²) in [4.78, 5) is 87.5. The topological polar surface area (TPSA) is 229 Å². The van der Waals surface area contributed by atoms with E-state index in [1.165, 1.54) is 0 Å². The van der Waals surface area contributed by atoms with E-state index < -0.39 is 66.7 Å². The fourth-order valence-corrected chi connectivity index (χ4v) is 4.87. The van der Waals surface area contributed by atoms with E-state index in [0.29, 0.717) is 11.3 Å². The van der Waals surface area contributed by atoms with Gasteiger partial charge in [-0.3, -0.25) is 24.0 Å². The molecular formula is C34H41N7O8. The van der Waals surface area contributed by atoms with Gasteiger partial charge in [-0.25, -0.2) is 9.59 Å². The third-order valence-corrected chi connectivity index (χ3v) is 7.48. The Balaban J connectivity index is 1.44. The first kappa shape index (κ1) is 37.5. The molecule has 2 aromatic rings. The molecule has 0 aliphatic carbocycles. The molecular weight excluding hydrogens is 634 g/mol. The molecule has 15 nitrogen and oxygen atoms in total. The van der Waals surface area contributed by atoms with Gasteiger partial charge in [0.1, 0.15) is 12.1 Å². The number of carboxylic acid groups (broad SMARTS) is 1. The number of hydrogen-bond donors (Lipinski definition) is 7. The first-order valence-electron chi connectivity index (χ1n) is 15.7. The summed E-state index contributed by atoms with van der Waals surface area (Å²) >= 11 is 0. The number of rotatable bonds is 16. The fourth-order valence-electron chi connectivity index (χ4n) is 4.87. The Hall–Kier alpha value is -5.91. The molecule has 0 saturated heterocycles. The molecule has 8 N–H and O–H groups in total. The van der Waals surface area contributed by atoms with Crippen LogP contribution >= 0.6 is 0 Å². The van der Waals surface area contributed by atoms with E-state index in [1.807, 2.05) is 42.5 Å². The molecule has 1 aliphatic heterocycles. The van der Waals surface area contributed by atoms with Gasteiger partial charge in [-0.15, -0.1) is 0 Å². The standard InChI is InChI=1S/C34H41N7O8/c1-21(2)31(32(46)39-25(33(47)48)11-7-17-36-34(35)49)40-29(44)19-38-28(43)18-37-27(42)15-16-30(45)41-20-24-10-4-3-8-22(24)13-14-23-9-5-6-12-26(23)41/h3-6,8-10,12,21,25,31H,7,11,15-20H2,1-2H3,(H,37,42)(H,38,43)(H,39,46)(H,40,44)(H,47,48)(H3,35,36,49)/t25-,31-/m0/s1. The fraction of sp³-hybridized carbons (Fsp3) is 0.382. The molecule has 0 radical (unpaired) electrons. The van der Waals surface area contributed by atoms with Crippen LogP contribution in [-0.2, 0) is 35.3 Å². The molecule has 2 atom stereocenters. The number of nitrogens with one attached hydrogen (secondary N) is 5. The maximum absolute atomic E-state index is 13.3. The minimum absolute atomic E-state index is 0.00594. The molecule has 0 unspecified atom stereocenters. The highest BCUT2D eigenvalue weighted by Gasteiger charge is 2.29. The number of amides is 7. The van der Waals surface area contributed by atoms with E-state index in [0.717, 1.165) is 11.1 Å². The molecule has 2 aromatic carbocycles. The Morgan fingerprint density at radius 1 is 0.816 bits per heavy atom. The molecule has 1 heterocycles. The normalized spacial score (nSPS) is 12.7. The van der Waals surface area contributed by atoms with Crippen molar-refractivity contribution in [3.05, 3.63) is 65.2 Å². The number of carbonyl (C=O) groups excluding carboxylic acids is 6. The molecule has 0 spiro atoms. The van der Waals surface area contributed by atoms with E-state index in [9.17, 15) is 38.7 Å². The van der Waals surface area contributed by atoms with Crippen molar-refractivity contribution in [2.45, 2.75) is 58.2 Å². The predicted octanol–water partition coefficient (Wildman–Crippen LogP) is 0.104. The molecule has 260 valence electrons. The molecule has 0 bridgehead atoms. The molecule has 15 heteroatoms. The SMILES string of the molecule is CC(C)[C@H](NC(=O)CNC(=O)CNC(=O)CCC(=O)N1Cc2ccccc2C#Cc2ccccc21)C(=O)N[C@@H](CCCNC(N)=O)C(=O)O. The Kier molecular flexibility index (Phi) is 14.1. The number of aliphatic carboxylic acids is 1. The maximum Gasteiger partial charge on any atom is 0.326 e. The van der Waals surface area contributed by atoms with E-state index >= 15 is 0 Å². The summed E-state index contributed by atoms with van der Waals surface area (Å²) in [5, 5.41) is 21.4. The zero-order valence-electron chi connectivity index (χ0n) is 27.3. The van der Waals surface area contributed by atoms with Crippen molar-refractivity contribution in [3.8, 4) is 11.8 Å². The number of para-hydroxylation sites is 1. The van der Waals surface area contributed by atoms with Crippen molar-refractivity contribution in [1.29, 1.82) is 0 Å². The molecule has 3 rings (SSSR count). The number of fused-ring (bicyclic) bond motifs is 2. The smallest absolute Gasteiger partial charge is 0.326 e. The van der Waals surface area contributed by atoms with Gasteiger partial charge in [0.15, 0.2) is 0 Å². The van der Waals surface area contributed by atoms with Crippen LogP contribution < -0.4 is 37.2 Å². The number of carbonyl (C=O) groups is 7. The number of anilines is 1. The Bertz CT molecular complexity index is 1630. The quantitative estimate of drug-likeness (QED) is 0.0951. The minimum Gasteiger partial charge on any atom is -0.480 e. The first-order valence-corrected chi connectivity index (χ1v) is 15.7. The maximum atomic E-state index is 13.3. The van der Waals surface area contributed by atoms with Crippen LogP contribution in [0.3, 0.4) is 0 Å². The third kappa shape index (κ3) is 12.0. The van der Waals surface area contributed by atoms with Crippen LogP contribution in [0.1, 0.15) is 56.2 Å². The van der Waals surface area contributed by atoms with Crippen molar-refractivity contribution in [2.24, 2.45) is 11.7 Å². The first-order chi connectivity index (χ1) is 23.3. The number of benzene rings is 2. The minimum atomic E-state index is -1.29. The number of hydrogen-bond acceptors (Lipinski definition) is 7. The highest BCUT2D eigenvalue weighted by molar-refractivity contribution is 5.97. The van der Waals surface area contributed by atoms with Crippen molar-refractivity contribution < 1.29 is 38.7 Å². The van der Waals surface area contributed by atoms with Gasteiger partial charge >= 0.3 is 12.0 Å². The lowest BCUT2D eigenvalue weighted by Gasteiger charge is -2.26. The second-order valence-electron chi connectivity index (χ2n) is 11.6.